The third-order valence-corrected chi connectivity index (χ3v) is 4.52. The number of carbonyl (C=O) groups excluding carboxylic acids is 1. The van der Waals surface area contributed by atoms with Crippen LogP contribution in [0.2, 0.25) is 0 Å². The van der Waals surface area contributed by atoms with E-state index in [9.17, 15) is 4.79 Å². The zero-order valence-electron chi connectivity index (χ0n) is 12.4. The highest BCUT2D eigenvalue weighted by atomic mass is 35.5. The normalized spacial score (nSPS) is 17.8. The fourth-order valence-electron chi connectivity index (χ4n) is 2.45. The van der Waals surface area contributed by atoms with Gasteiger partial charge in [0.25, 0.3) is 5.91 Å². The summed E-state index contributed by atoms with van der Waals surface area (Å²) >= 11 is 1.55. The smallest absolute Gasteiger partial charge is 0.272 e. The maximum Gasteiger partial charge on any atom is 0.272 e. The molecule has 2 aromatic heterocycles. The van der Waals surface area contributed by atoms with E-state index >= 15 is 0 Å². The minimum atomic E-state index is -0.148. The number of aryl methyl sites for hydroxylation is 1. The van der Waals surface area contributed by atoms with Crippen molar-refractivity contribution in [3.8, 4) is 0 Å². The summed E-state index contributed by atoms with van der Waals surface area (Å²) in [6.45, 7) is 4.39. The second-order valence-corrected chi connectivity index (χ2v) is 6.19. The van der Waals surface area contributed by atoms with Crippen molar-refractivity contribution in [2.45, 2.75) is 32.4 Å². The van der Waals surface area contributed by atoms with Gasteiger partial charge in [0.05, 0.1) is 12.6 Å². The molecule has 1 amide bonds. The van der Waals surface area contributed by atoms with Gasteiger partial charge in [0, 0.05) is 23.8 Å². The summed E-state index contributed by atoms with van der Waals surface area (Å²) in [6.07, 6.45) is 4.14. The summed E-state index contributed by atoms with van der Waals surface area (Å²) in [5.74, 6) is -0.148. The lowest BCUT2D eigenvalue weighted by Crippen LogP contribution is -2.32. The maximum absolute atomic E-state index is 12.1. The fraction of sp³-hybridized carbons (Fsp3) is 0.500. The molecule has 1 saturated heterocycles. The van der Waals surface area contributed by atoms with Crippen LogP contribution in [-0.2, 0) is 6.54 Å². The van der Waals surface area contributed by atoms with Crippen molar-refractivity contribution < 1.29 is 4.79 Å². The maximum atomic E-state index is 12.1. The van der Waals surface area contributed by atoms with Gasteiger partial charge >= 0.3 is 0 Å². The van der Waals surface area contributed by atoms with Crippen LogP contribution in [0.4, 0.5) is 0 Å². The predicted octanol–water partition coefficient (Wildman–Crippen LogP) is 1.92. The number of hydrogen-bond donors (Lipinski definition) is 2. The van der Waals surface area contributed by atoms with Gasteiger partial charge in [-0.2, -0.15) is 5.10 Å². The van der Waals surface area contributed by atoms with Crippen LogP contribution in [0.1, 0.15) is 40.1 Å². The highest BCUT2D eigenvalue weighted by Crippen LogP contribution is 2.15. The molecule has 2 N–H and O–H groups in total. The molecule has 0 spiro atoms. The lowest BCUT2D eigenvalue weighted by Gasteiger charge is -2.22. The average Bonchev–Trinajstić information content (AvgIpc) is 3.15. The number of nitrogens with one attached hydrogen (secondary N) is 2. The van der Waals surface area contributed by atoms with E-state index in [1.165, 1.54) is 0 Å². The molecule has 22 heavy (non-hydrogen) atoms. The number of halogens is 1. The molecular formula is C14H20ClN5OS. The fourth-order valence-corrected chi connectivity index (χ4v) is 3.16. The molecule has 1 unspecified atom stereocenters. The molecule has 0 aromatic carbocycles. The first-order valence-corrected chi connectivity index (χ1v) is 8.05. The number of hydrogen-bond acceptors (Lipinski definition) is 5. The molecule has 120 valence electrons. The summed E-state index contributed by atoms with van der Waals surface area (Å²) in [5.41, 5.74) is 1.45. The van der Waals surface area contributed by atoms with E-state index in [1.807, 2.05) is 23.2 Å². The van der Waals surface area contributed by atoms with Crippen LogP contribution in [0.3, 0.4) is 0 Å². The minimum absolute atomic E-state index is 0. The first-order chi connectivity index (χ1) is 10.2. The Morgan fingerprint density at radius 2 is 2.45 bits per heavy atom. The number of rotatable bonds is 4. The van der Waals surface area contributed by atoms with Gasteiger partial charge in [0.2, 0.25) is 0 Å². The Morgan fingerprint density at radius 1 is 1.59 bits per heavy atom. The van der Waals surface area contributed by atoms with Gasteiger partial charge in [0.15, 0.2) is 0 Å². The molecule has 0 bridgehead atoms. The van der Waals surface area contributed by atoms with Crippen molar-refractivity contribution in [3.63, 3.8) is 0 Å². The monoisotopic (exact) mass is 341 g/mol. The topological polar surface area (TPSA) is 71.8 Å². The summed E-state index contributed by atoms with van der Waals surface area (Å²) in [5, 5.41) is 13.5. The van der Waals surface area contributed by atoms with Crippen molar-refractivity contribution in [2.75, 3.05) is 13.1 Å². The van der Waals surface area contributed by atoms with Crippen LogP contribution in [0, 0.1) is 6.92 Å². The molecule has 2 aromatic rings. The Balaban J connectivity index is 0.00000176. The van der Waals surface area contributed by atoms with Crippen molar-refractivity contribution in [1.82, 2.24) is 25.4 Å². The predicted molar refractivity (Wildman–Crippen MR) is 88.6 cm³/mol. The molecule has 1 fully saturated rings. The van der Waals surface area contributed by atoms with Gasteiger partial charge in [0.1, 0.15) is 10.7 Å². The van der Waals surface area contributed by atoms with Crippen molar-refractivity contribution in [2.24, 2.45) is 0 Å². The van der Waals surface area contributed by atoms with E-state index in [2.05, 4.69) is 20.7 Å². The zero-order valence-corrected chi connectivity index (χ0v) is 14.0. The Morgan fingerprint density at radius 3 is 3.14 bits per heavy atom. The van der Waals surface area contributed by atoms with Crippen molar-refractivity contribution in [1.29, 1.82) is 0 Å². The van der Waals surface area contributed by atoms with E-state index in [1.54, 1.807) is 17.4 Å². The van der Waals surface area contributed by atoms with E-state index in [0.717, 1.165) is 36.6 Å². The molecule has 0 radical (unpaired) electrons. The first-order valence-electron chi connectivity index (χ1n) is 7.17. The summed E-state index contributed by atoms with van der Waals surface area (Å²) in [6, 6.07) is 2.12. The SMILES string of the molecule is Cc1csc(CNC(=O)c2ccn(C3CCCNC3)n2)n1.Cl. The van der Waals surface area contributed by atoms with Gasteiger partial charge < -0.3 is 10.6 Å². The van der Waals surface area contributed by atoms with Crippen LogP contribution in [0.5, 0.6) is 0 Å². The van der Waals surface area contributed by atoms with E-state index in [-0.39, 0.29) is 18.3 Å². The van der Waals surface area contributed by atoms with E-state index in [4.69, 9.17) is 0 Å². The third kappa shape index (κ3) is 4.06. The van der Waals surface area contributed by atoms with Gasteiger partial charge in [-0.1, -0.05) is 0 Å². The third-order valence-electron chi connectivity index (χ3n) is 3.55. The molecular weight excluding hydrogens is 322 g/mol. The Labute approximate surface area is 139 Å². The minimum Gasteiger partial charge on any atom is -0.344 e. The Hall–Kier alpha value is -1.44. The first kappa shape index (κ1) is 16.9. The number of piperidine rings is 1. The Bertz CT molecular complexity index is 620. The average molecular weight is 342 g/mol. The number of aromatic nitrogens is 3. The van der Waals surface area contributed by atoms with Crippen LogP contribution in [-0.4, -0.2) is 33.8 Å². The zero-order chi connectivity index (χ0) is 14.7. The molecule has 0 aliphatic carbocycles. The van der Waals surface area contributed by atoms with Crippen molar-refractivity contribution in [3.05, 3.63) is 34.0 Å². The highest BCUT2D eigenvalue weighted by molar-refractivity contribution is 7.09. The van der Waals surface area contributed by atoms with Crippen LogP contribution >= 0.6 is 23.7 Å². The van der Waals surface area contributed by atoms with E-state index in [0.29, 0.717) is 18.3 Å². The number of amides is 1. The lowest BCUT2D eigenvalue weighted by atomic mass is 10.1. The summed E-state index contributed by atoms with van der Waals surface area (Å²) < 4.78 is 1.90. The van der Waals surface area contributed by atoms with E-state index < -0.39 is 0 Å². The van der Waals surface area contributed by atoms with Gasteiger partial charge in [-0.15, -0.1) is 23.7 Å². The van der Waals surface area contributed by atoms with Gasteiger partial charge in [-0.25, -0.2) is 4.98 Å². The Kier molecular flexibility index (Phi) is 5.93. The molecule has 1 atom stereocenters. The lowest BCUT2D eigenvalue weighted by molar-refractivity contribution is 0.0944. The summed E-state index contributed by atoms with van der Waals surface area (Å²) in [4.78, 5) is 16.4. The second-order valence-electron chi connectivity index (χ2n) is 5.25. The number of carbonyl (C=O) groups is 1. The number of nitrogens with zero attached hydrogens (tertiary/aromatic N) is 3. The molecule has 6 nitrogen and oxygen atoms in total. The molecule has 1 aliphatic rings. The standard InChI is InChI=1S/C14H19N5OS.ClH/c1-10-9-21-13(17-10)8-16-14(20)12-4-6-19(18-12)11-3-2-5-15-7-11;/h4,6,9,11,15H,2-3,5,7-8H2,1H3,(H,16,20);1H. The van der Waals surface area contributed by atoms with Crippen LogP contribution < -0.4 is 10.6 Å². The van der Waals surface area contributed by atoms with Crippen molar-refractivity contribution >= 4 is 29.7 Å². The largest absolute Gasteiger partial charge is 0.344 e. The molecule has 1 aliphatic heterocycles. The molecule has 0 saturated carbocycles. The van der Waals surface area contributed by atoms with Crippen LogP contribution in [0.15, 0.2) is 17.6 Å². The molecule has 3 heterocycles. The second kappa shape index (κ2) is 7.71. The quantitative estimate of drug-likeness (QED) is 0.891. The highest BCUT2D eigenvalue weighted by Gasteiger charge is 2.17. The van der Waals surface area contributed by atoms with Gasteiger partial charge in [-0.3, -0.25) is 9.48 Å². The number of thiazole rings is 1. The van der Waals surface area contributed by atoms with Gasteiger partial charge in [-0.05, 0) is 32.4 Å². The molecule has 8 heteroatoms. The molecule has 3 rings (SSSR count). The van der Waals surface area contributed by atoms with Crippen LogP contribution in [0.25, 0.3) is 0 Å². The summed E-state index contributed by atoms with van der Waals surface area (Å²) in [7, 11) is 0.